The number of rotatable bonds is 68. The minimum absolute atomic E-state index is 0.0336. The van der Waals surface area contributed by atoms with Crippen LogP contribution in [0, 0.1) is 0 Å². The van der Waals surface area contributed by atoms with Gasteiger partial charge in [0.05, 0.1) is 44.0 Å². The van der Waals surface area contributed by atoms with Gasteiger partial charge in [-0.2, -0.15) is 0 Å². The van der Waals surface area contributed by atoms with Crippen molar-refractivity contribution in [2.24, 2.45) is 5.11 Å². The van der Waals surface area contributed by atoms with Crippen LogP contribution in [-0.2, 0) is 105 Å². The van der Waals surface area contributed by atoms with Crippen LogP contribution in [0.2, 0.25) is 0 Å². The molecule has 4 saturated heterocycles. The van der Waals surface area contributed by atoms with Gasteiger partial charge in [-0.05, 0) is 44.2 Å². The lowest BCUT2D eigenvalue weighted by Crippen LogP contribution is -2.41. The van der Waals surface area contributed by atoms with Crippen molar-refractivity contribution in [3.63, 3.8) is 0 Å². The van der Waals surface area contributed by atoms with Crippen LogP contribution in [0.3, 0.4) is 0 Å². The maximum Gasteiger partial charge on any atom is 0.242 e. The first-order chi connectivity index (χ1) is 60.9. The minimum atomic E-state index is -0.758. The zero-order valence-corrected chi connectivity index (χ0v) is 75.9. The van der Waals surface area contributed by atoms with E-state index in [0.717, 1.165) is 66.6 Å². The summed E-state index contributed by atoms with van der Waals surface area (Å²) in [6.07, 6.45) is 1.43. The maximum atomic E-state index is 13.5. The number of azide groups is 1. The molecule has 127 heavy (non-hydrogen) atoms. The SMILES string of the molecule is CNC(=O)CCCN1C(=O)CC(SCC(=O)NCCNC(=O)CCN(CCNC(=O)CCN(CCCN=[N+]=[N-])CCC(=O)NCCN(CCC(=O)NCCNC(=O)CSC2CC(=O)N(CCCC(=O)NC)C2=O)CCC(=O)NCCNC(=O)CSC2CC(=O)N(CCCC(=O)NC)C2=O)CCC(=O)NCCNC(=O)CSC2CC(=O)N(CCCC(=O)NC)C2=O)C1=O. The molecule has 22 amide bonds. The Morgan fingerprint density at radius 2 is 0.496 bits per heavy atom. The number of nitrogens with zero attached hydrogens (tertiary/aromatic N) is 10. The Kier molecular flexibility index (Phi) is 53.9. The second-order valence-corrected chi connectivity index (χ2v) is 34.3. The Hall–Kier alpha value is -10.3. The van der Waals surface area contributed by atoms with Crippen LogP contribution in [0.25, 0.3) is 10.4 Å². The fraction of sp³-hybridized carbons (Fsp3) is 0.714. The van der Waals surface area contributed by atoms with Crippen LogP contribution in [0.5, 0.6) is 0 Å². The molecule has 4 heterocycles. The largest absolute Gasteiger partial charge is 0.359 e. The molecule has 4 atom stereocenters. The van der Waals surface area contributed by atoms with Crippen molar-refractivity contribution < 1.29 is 105 Å². The number of amides is 22. The van der Waals surface area contributed by atoms with E-state index in [4.69, 9.17) is 5.53 Å². The monoisotopic (exact) mass is 1860 g/mol. The summed E-state index contributed by atoms with van der Waals surface area (Å²) in [5.41, 5.74) is 8.97. The van der Waals surface area contributed by atoms with Crippen molar-refractivity contribution in [2.45, 2.75) is 143 Å². The van der Waals surface area contributed by atoms with E-state index in [1.54, 1.807) is 9.80 Å². The quantitative estimate of drug-likeness (QED) is 0.00885. The van der Waals surface area contributed by atoms with E-state index in [9.17, 15) is 105 Å². The molecular weight excluding hydrogens is 1740 g/mol. The highest BCUT2D eigenvalue weighted by Crippen LogP contribution is 2.29. The third kappa shape index (κ3) is 45.3. The lowest BCUT2D eigenvalue weighted by atomic mass is 10.2. The lowest BCUT2D eigenvalue weighted by molar-refractivity contribution is -0.140. The topological polar surface area (TPSA) is 615 Å². The molecule has 50 heteroatoms. The number of thioether (sulfide) groups is 4. The van der Waals surface area contributed by atoms with Gasteiger partial charge >= 0.3 is 0 Å². The number of hydrogen-bond donors (Lipinski definition) is 14. The molecule has 4 fully saturated rings. The third-order valence-electron chi connectivity index (χ3n) is 20.0. The van der Waals surface area contributed by atoms with Gasteiger partial charge in [-0.1, -0.05) is 5.11 Å². The Labute approximate surface area is 754 Å². The first-order valence-electron chi connectivity index (χ1n) is 42.4. The zero-order chi connectivity index (χ0) is 93.4. The summed E-state index contributed by atoms with van der Waals surface area (Å²) in [6, 6.07) is 0. The molecule has 0 aliphatic carbocycles. The fourth-order valence-electron chi connectivity index (χ4n) is 12.9. The van der Waals surface area contributed by atoms with Gasteiger partial charge in [0.1, 0.15) is 0 Å². The number of likely N-dealkylation sites (tertiary alicyclic amines) is 4. The summed E-state index contributed by atoms with van der Waals surface area (Å²) in [7, 11) is 5.93. The first-order valence-corrected chi connectivity index (χ1v) is 46.6. The van der Waals surface area contributed by atoms with Gasteiger partial charge in [0, 0.05) is 274 Å². The molecule has 0 saturated carbocycles. The molecule has 0 aromatic heterocycles. The number of nitrogens with one attached hydrogen (secondary N) is 14. The highest BCUT2D eigenvalue weighted by molar-refractivity contribution is 8.02. The molecule has 708 valence electrons. The maximum absolute atomic E-state index is 13.5. The van der Waals surface area contributed by atoms with Crippen LogP contribution in [-0.4, -0.2) is 394 Å². The summed E-state index contributed by atoms with van der Waals surface area (Å²) >= 11 is 4.04. The summed E-state index contributed by atoms with van der Waals surface area (Å²) in [5, 5.41) is 37.8. The Morgan fingerprint density at radius 1 is 0.291 bits per heavy atom. The van der Waals surface area contributed by atoms with Crippen LogP contribution in [0.4, 0.5) is 0 Å². The lowest BCUT2D eigenvalue weighted by Gasteiger charge is -2.24. The Morgan fingerprint density at radius 3 is 0.709 bits per heavy atom. The average Bonchev–Trinajstić information content (AvgIpc) is 1.71. The van der Waals surface area contributed by atoms with Gasteiger partial charge < -0.3 is 89.1 Å². The summed E-state index contributed by atoms with van der Waals surface area (Å²) in [5.74, 6) is -8.85. The van der Waals surface area contributed by atoms with Gasteiger partial charge in [-0.15, -0.1) is 47.0 Å². The summed E-state index contributed by atoms with van der Waals surface area (Å²) in [4.78, 5) is 291. The second kappa shape index (κ2) is 62.8. The van der Waals surface area contributed by atoms with Crippen molar-refractivity contribution in [2.75, 3.05) is 208 Å². The number of imide groups is 4. The van der Waals surface area contributed by atoms with Gasteiger partial charge in [-0.3, -0.25) is 125 Å². The van der Waals surface area contributed by atoms with E-state index >= 15 is 0 Å². The van der Waals surface area contributed by atoms with E-state index in [1.807, 2.05) is 4.90 Å². The van der Waals surface area contributed by atoms with Crippen molar-refractivity contribution in [3.8, 4) is 0 Å². The van der Waals surface area contributed by atoms with Gasteiger partial charge in [0.25, 0.3) is 0 Å². The molecule has 46 nitrogen and oxygen atoms in total. The molecule has 14 N–H and O–H groups in total. The van der Waals surface area contributed by atoms with Crippen molar-refractivity contribution in [1.29, 1.82) is 0 Å². The molecular formula is C77H124N24O22S4. The van der Waals surface area contributed by atoms with Crippen LogP contribution < -0.4 is 74.4 Å². The van der Waals surface area contributed by atoms with Crippen LogP contribution in [0.15, 0.2) is 5.11 Å². The van der Waals surface area contributed by atoms with Crippen molar-refractivity contribution >= 4 is 177 Å². The van der Waals surface area contributed by atoms with Gasteiger partial charge in [0.15, 0.2) is 0 Å². The summed E-state index contributed by atoms with van der Waals surface area (Å²) < 4.78 is 0. The van der Waals surface area contributed by atoms with E-state index in [1.165, 1.54) is 28.2 Å². The molecule has 0 aromatic rings. The van der Waals surface area contributed by atoms with Crippen molar-refractivity contribution in [1.82, 2.24) is 109 Å². The average molecular weight is 1870 g/mol. The first kappa shape index (κ1) is 109. The highest BCUT2D eigenvalue weighted by atomic mass is 32.2. The predicted octanol–water partition coefficient (Wildman–Crippen LogP) is -6.36. The van der Waals surface area contributed by atoms with E-state index in [0.29, 0.717) is 38.6 Å². The van der Waals surface area contributed by atoms with Gasteiger partial charge in [-0.25, -0.2) is 0 Å². The predicted molar refractivity (Wildman–Crippen MR) is 469 cm³/mol. The number of carbonyl (C=O) groups is 22. The smallest absolute Gasteiger partial charge is 0.242 e. The highest BCUT2D eigenvalue weighted by Gasteiger charge is 2.42. The normalized spacial score (nSPS) is 16.1. The molecule has 0 radical (unpaired) electrons. The molecule has 4 aliphatic heterocycles. The molecule has 4 unspecified atom stereocenters. The molecule has 4 aliphatic rings. The summed E-state index contributed by atoms with van der Waals surface area (Å²) in [6.45, 7) is 2.34. The molecule has 0 aromatic carbocycles. The molecule has 0 spiro atoms. The fourth-order valence-corrected chi connectivity index (χ4v) is 16.8. The third-order valence-corrected chi connectivity index (χ3v) is 24.8. The minimum Gasteiger partial charge on any atom is -0.359 e. The Bertz CT molecular complexity index is 3420. The molecule has 4 rings (SSSR count). The van der Waals surface area contributed by atoms with Crippen molar-refractivity contribution in [3.05, 3.63) is 10.4 Å². The number of hydrogen-bond acceptors (Lipinski definition) is 30. The molecule has 0 bridgehead atoms. The Balaban J connectivity index is 1.29. The zero-order valence-electron chi connectivity index (χ0n) is 72.6. The van der Waals surface area contributed by atoms with E-state index < -0.39 is 116 Å². The van der Waals surface area contributed by atoms with Crippen LogP contribution >= 0.6 is 47.0 Å². The van der Waals surface area contributed by atoms with E-state index in [-0.39, 0.29) is 299 Å². The standard InChI is InChI=1S/C77H124N24O22S4/c1-79-56(102)10-5-32-98-70(116)44-52(74(98)120)124-48-66(112)87-25-21-83-60(106)16-38-96(39-17-61(107)84-22-26-88-67(113)49-125-53-45-71(117)99(75(53)121)33-6-11-57(103)80-2)42-29-91-64(110)14-36-95(31-9-20-93-94-78)37-15-65(111)92-30-43-97(40-18-62(108)85-23-27-89-68(114)50-126-54-46-72(118)100(76(54)122)34-7-12-58(104)81-3)41-19-63(109)86-24-28-90-69(115)51-127-55-47-73(119)101(77(55)123)35-8-13-59(105)82-4/h52-55H,5-51H2,1-4H3,(H,79,102)(H,80,103)(H,81,104)(H,82,105)(H,83,106)(H,84,107)(H,85,108)(H,86,109)(H,87,112)(H,88,113)(H,89,114)(H,90,115)(H,91,110)(H,92,111). The van der Waals surface area contributed by atoms with E-state index in [2.05, 4.69) is 84.5 Å². The van der Waals surface area contributed by atoms with Gasteiger partial charge in [0.2, 0.25) is 130 Å². The second-order valence-electron chi connectivity index (χ2n) is 29.5. The number of carbonyl (C=O) groups excluding carboxylic acids is 22. The van der Waals surface area contributed by atoms with Crippen LogP contribution in [0.1, 0.15) is 122 Å².